The van der Waals surface area contributed by atoms with Crippen LogP contribution in [0.2, 0.25) is 0 Å². The molecule has 0 radical (unpaired) electrons. The van der Waals surface area contributed by atoms with Crippen LogP contribution in [0.15, 0.2) is 29.3 Å². The van der Waals surface area contributed by atoms with Crippen LogP contribution >= 0.6 is 24.0 Å². The summed E-state index contributed by atoms with van der Waals surface area (Å²) in [4.78, 5) is 10.1. The summed E-state index contributed by atoms with van der Waals surface area (Å²) in [6.07, 6.45) is 1.21. The molecule has 0 saturated carbocycles. The molecule has 1 aromatic rings. The van der Waals surface area contributed by atoms with Crippen molar-refractivity contribution >= 4 is 29.9 Å². The Morgan fingerprint density at radius 3 is 2.66 bits per heavy atom. The van der Waals surface area contributed by atoms with Crippen molar-refractivity contribution in [3.63, 3.8) is 0 Å². The van der Waals surface area contributed by atoms with E-state index in [-0.39, 0.29) is 30.1 Å². The van der Waals surface area contributed by atoms with E-state index in [2.05, 4.69) is 53.2 Å². The van der Waals surface area contributed by atoms with Gasteiger partial charge in [0.2, 0.25) is 0 Å². The number of aliphatic imine (C=N–C) groups is 1. The molecule has 0 aliphatic carbocycles. The molecule has 8 heteroatoms. The highest BCUT2D eigenvalue weighted by atomic mass is 127. The minimum Gasteiger partial charge on any atom is -0.381 e. The molecule has 0 spiro atoms. The van der Waals surface area contributed by atoms with E-state index in [1.54, 1.807) is 0 Å². The Balaban J connectivity index is 0.00000289. The van der Waals surface area contributed by atoms with Crippen LogP contribution in [-0.2, 0) is 14.2 Å². The van der Waals surface area contributed by atoms with Crippen molar-refractivity contribution in [3.05, 3.63) is 35.4 Å². The molecule has 0 amide bonds. The van der Waals surface area contributed by atoms with Crippen molar-refractivity contribution in [2.75, 3.05) is 72.3 Å². The number of morpholine rings is 2. The predicted molar refractivity (Wildman–Crippen MR) is 138 cm³/mol. The molecule has 4 rings (SSSR count). The molecule has 3 aliphatic heterocycles. The number of halogens is 1. The van der Waals surface area contributed by atoms with Gasteiger partial charge in [-0.25, -0.2) is 0 Å². The van der Waals surface area contributed by atoms with Gasteiger partial charge in [0.25, 0.3) is 0 Å². The van der Waals surface area contributed by atoms with Gasteiger partial charge in [-0.1, -0.05) is 24.3 Å². The zero-order chi connectivity index (χ0) is 21.5. The van der Waals surface area contributed by atoms with Crippen molar-refractivity contribution in [1.82, 2.24) is 15.1 Å². The lowest BCUT2D eigenvalue weighted by molar-refractivity contribution is -0.00883. The number of nitrogens with zero attached hydrogens (tertiary/aromatic N) is 3. The average Bonchev–Trinajstić information content (AvgIpc) is 3.34. The molecular weight excluding hydrogens is 519 g/mol. The topological polar surface area (TPSA) is 58.6 Å². The highest BCUT2D eigenvalue weighted by molar-refractivity contribution is 14.0. The summed E-state index contributed by atoms with van der Waals surface area (Å²) >= 11 is 0. The summed E-state index contributed by atoms with van der Waals surface area (Å²) in [6.45, 7) is 13.7. The molecule has 3 fully saturated rings. The van der Waals surface area contributed by atoms with E-state index < -0.39 is 0 Å². The smallest absolute Gasteiger partial charge is 0.194 e. The van der Waals surface area contributed by atoms with Crippen molar-refractivity contribution in [1.29, 1.82) is 0 Å². The summed E-state index contributed by atoms with van der Waals surface area (Å²) in [5.74, 6) is 1.55. The van der Waals surface area contributed by atoms with Crippen molar-refractivity contribution in [2.45, 2.75) is 32.4 Å². The Kier molecular flexibility index (Phi) is 10.5. The van der Waals surface area contributed by atoms with Gasteiger partial charge in [-0.05, 0) is 31.4 Å². The minimum absolute atomic E-state index is 0. The van der Waals surface area contributed by atoms with Crippen LogP contribution in [0.4, 0.5) is 0 Å². The molecule has 1 aromatic carbocycles. The van der Waals surface area contributed by atoms with Crippen LogP contribution in [0.3, 0.4) is 0 Å². The molecule has 3 saturated heterocycles. The number of ether oxygens (including phenoxy) is 3. The van der Waals surface area contributed by atoms with Crippen molar-refractivity contribution in [3.8, 4) is 0 Å². The Hall–Kier alpha value is -0.940. The predicted octanol–water partition coefficient (Wildman–Crippen LogP) is 2.69. The number of benzene rings is 1. The van der Waals surface area contributed by atoms with Gasteiger partial charge in [-0.2, -0.15) is 0 Å². The maximum atomic E-state index is 6.14. The molecular formula is C24H39IN4O3. The number of guanidine groups is 1. The lowest BCUT2D eigenvalue weighted by atomic mass is 9.97. The van der Waals surface area contributed by atoms with Gasteiger partial charge in [-0.3, -0.25) is 9.89 Å². The Labute approximate surface area is 209 Å². The highest BCUT2D eigenvalue weighted by Crippen LogP contribution is 2.26. The van der Waals surface area contributed by atoms with E-state index in [4.69, 9.17) is 19.2 Å². The SMILES string of the molecule is CCNC(=NCC(C1CCOC1)N1CCOCC1)N1CCOC(c2ccccc2C)C1.I. The third-order valence-corrected chi connectivity index (χ3v) is 6.69. The van der Waals surface area contributed by atoms with E-state index in [1.807, 2.05) is 0 Å². The van der Waals surface area contributed by atoms with Gasteiger partial charge in [0.05, 0.1) is 39.5 Å². The first-order valence-electron chi connectivity index (χ1n) is 11.9. The van der Waals surface area contributed by atoms with Crippen LogP contribution in [0.1, 0.15) is 30.6 Å². The van der Waals surface area contributed by atoms with Crippen LogP contribution < -0.4 is 5.32 Å². The average molecular weight is 559 g/mol. The molecule has 0 bridgehead atoms. The van der Waals surface area contributed by atoms with Gasteiger partial charge < -0.3 is 24.4 Å². The molecule has 3 unspecified atom stereocenters. The molecule has 3 aliphatic rings. The quantitative estimate of drug-likeness (QED) is 0.330. The molecule has 3 heterocycles. The van der Waals surface area contributed by atoms with Crippen molar-refractivity contribution in [2.24, 2.45) is 10.9 Å². The van der Waals surface area contributed by atoms with Crippen LogP contribution in [0.25, 0.3) is 0 Å². The van der Waals surface area contributed by atoms with Gasteiger partial charge in [0.1, 0.15) is 6.10 Å². The summed E-state index contributed by atoms with van der Waals surface area (Å²) < 4.78 is 17.5. The molecule has 180 valence electrons. The molecule has 7 nitrogen and oxygen atoms in total. The number of rotatable bonds is 6. The Bertz CT molecular complexity index is 723. The number of hydrogen-bond donors (Lipinski definition) is 1. The largest absolute Gasteiger partial charge is 0.381 e. The van der Waals surface area contributed by atoms with Gasteiger partial charge >= 0.3 is 0 Å². The van der Waals surface area contributed by atoms with E-state index in [0.29, 0.717) is 18.6 Å². The van der Waals surface area contributed by atoms with Gasteiger partial charge in [0, 0.05) is 44.7 Å². The third-order valence-electron chi connectivity index (χ3n) is 6.69. The summed E-state index contributed by atoms with van der Waals surface area (Å²) in [5.41, 5.74) is 2.56. The normalized spacial score (nSPS) is 25.9. The fraction of sp³-hybridized carbons (Fsp3) is 0.708. The maximum Gasteiger partial charge on any atom is 0.194 e. The van der Waals surface area contributed by atoms with E-state index in [9.17, 15) is 0 Å². The van der Waals surface area contributed by atoms with Gasteiger partial charge in [-0.15, -0.1) is 24.0 Å². The lowest BCUT2D eigenvalue weighted by Gasteiger charge is -2.38. The molecule has 0 aromatic heterocycles. The Morgan fingerprint density at radius 1 is 1.12 bits per heavy atom. The second-order valence-corrected chi connectivity index (χ2v) is 8.70. The van der Waals surface area contributed by atoms with E-state index in [0.717, 1.165) is 78.1 Å². The highest BCUT2D eigenvalue weighted by Gasteiger charge is 2.32. The summed E-state index contributed by atoms with van der Waals surface area (Å²) in [7, 11) is 0. The van der Waals surface area contributed by atoms with Crippen LogP contribution in [-0.4, -0.2) is 94.1 Å². The van der Waals surface area contributed by atoms with Crippen molar-refractivity contribution < 1.29 is 14.2 Å². The lowest BCUT2D eigenvalue weighted by Crippen LogP contribution is -2.51. The second kappa shape index (κ2) is 13.1. The van der Waals surface area contributed by atoms with E-state index in [1.165, 1.54) is 11.1 Å². The Morgan fingerprint density at radius 2 is 1.94 bits per heavy atom. The molecule has 3 atom stereocenters. The maximum absolute atomic E-state index is 6.14. The van der Waals surface area contributed by atoms with Gasteiger partial charge in [0.15, 0.2) is 5.96 Å². The second-order valence-electron chi connectivity index (χ2n) is 8.70. The molecule has 32 heavy (non-hydrogen) atoms. The zero-order valence-electron chi connectivity index (χ0n) is 19.5. The number of nitrogens with one attached hydrogen (secondary N) is 1. The fourth-order valence-electron chi connectivity index (χ4n) is 4.91. The third kappa shape index (κ3) is 6.56. The first kappa shape index (κ1) is 25.7. The zero-order valence-corrected chi connectivity index (χ0v) is 21.8. The first-order chi connectivity index (χ1) is 15.3. The minimum atomic E-state index is 0. The molecule has 1 N–H and O–H groups in total. The van der Waals surface area contributed by atoms with Crippen LogP contribution in [0.5, 0.6) is 0 Å². The van der Waals surface area contributed by atoms with E-state index >= 15 is 0 Å². The number of hydrogen-bond acceptors (Lipinski definition) is 5. The first-order valence-corrected chi connectivity index (χ1v) is 11.9. The number of aryl methyl sites for hydroxylation is 1. The monoisotopic (exact) mass is 558 g/mol. The summed E-state index contributed by atoms with van der Waals surface area (Å²) in [6, 6.07) is 8.94. The van der Waals surface area contributed by atoms with Crippen LogP contribution in [0, 0.1) is 12.8 Å². The summed E-state index contributed by atoms with van der Waals surface area (Å²) in [5, 5.41) is 3.53. The standard InChI is InChI=1S/C24H38N4O3.HI/c1-3-25-24(28-11-15-31-23(17-28)21-7-5-4-6-19(21)2)26-16-22(20-8-12-30-18-20)27-9-13-29-14-10-27;/h4-7,20,22-23H,3,8-18H2,1-2H3,(H,25,26);1H. The fourth-order valence-corrected chi connectivity index (χ4v) is 4.91.